The van der Waals surface area contributed by atoms with Gasteiger partial charge in [-0.2, -0.15) is 0 Å². The first-order valence-corrected chi connectivity index (χ1v) is 12.8. The average Bonchev–Trinajstić information content (AvgIpc) is 3.28. The highest BCUT2D eigenvalue weighted by atomic mass is 79.9. The normalized spacial score (nSPS) is 22.5. The molecule has 3 aliphatic rings. The summed E-state index contributed by atoms with van der Waals surface area (Å²) >= 11 is 3.61. The van der Waals surface area contributed by atoms with Crippen molar-refractivity contribution in [1.29, 1.82) is 0 Å². The second-order valence-corrected chi connectivity index (χ2v) is 10.1. The van der Waals surface area contributed by atoms with E-state index in [0.29, 0.717) is 18.1 Å². The van der Waals surface area contributed by atoms with Crippen LogP contribution in [0.15, 0.2) is 51.6 Å². The second kappa shape index (κ2) is 10.6. The third-order valence-electron chi connectivity index (χ3n) is 6.92. The number of methoxy groups -OCH3 is 2. The average molecular weight is 542 g/mol. The highest BCUT2D eigenvalue weighted by molar-refractivity contribution is 9.10. The summed E-state index contributed by atoms with van der Waals surface area (Å²) in [6, 6.07) is 12.5. The van der Waals surface area contributed by atoms with Gasteiger partial charge in [0.05, 0.1) is 20.1 Å². The van der Waals surface area contributed by atoms with Gasteiger partial charge in [0, 0.05) is 44.8 Å². The Morgan fingerprint density at radius 1 is 1.11 bits per heavy atom. The van der Waals surface area contributed by atoms with E-state index in [-0.39, 0.29) is 12.0 Å². The van der Waals surface area contributed by atoms with Crippen LogP contribution in [0.25, 0.3) is 6.08 Å². The molecule has 0 radical (unpaired) electrons. The fourth-order valence-corrected chi connectivity index (χ4v) is 5.78. The van der Waals surface area contributed by atoms with E-state index in [9.17, 15) is 0 Å². The smallest absolute Gasteiger partial charge is 0.178 e. The van der Waals surface area contributed by atoms with Gasteiger partial charge >= 0.3 is 0 Å². The van der Waals surface area contributed by atoms with Crippen molar-refractivity contribution in [3.05, 3.63) is 57.6 Å². The van der Waals surface area contributed by atoms with E-state index >= 15 is 0 Å². The van der Waals surface area contributed by atoms with E-state index in [4.69, 9.17) is 19.0 Å². The number of piperazine rings is 1. The summed E-state index contributed by atoms with van der Waals surface area (Å²) in [7, 11) is 3.25. The lowest BCUT2D eigenvalue weighted by Gasteiger charge is -2.36. The van der Waals surface area contributed by atoms with Crippen molar-refractivity contribution in [3.63, 3.8) is 0 Å². The van der Waals surface area contributed by atoms with Gasteiger partial charge in [0.25, 0.3) is 0 Å². The van der Waals surface area contributed by atoms with Crippen LogP contribution in [0.2, 0.25) is 0 Å². The predicted molar refractivity (Wildman–Crippen MR) is 141 cm³/mol. The van der Waals surface area contributed by atoms with E-state index in [1.54, 1.807) is 14.2 Å². The van der Waals surface area contributed by atoms with Gasteiger partial charge in [0.15, 0.2) is 17.6 Å². The molecule has 1 saturated heterocycles. The molecule has 3 heterocycles. The van der Waals surface area contributed by atoms with Crippen LogP contribution in [-0.2, 0) is 4.84 Å². The molecule has 3 aliphatic heterocycles. The fourth-order valence-electron chi connectivity index (χ4n) is 5.09. The minimum Gasteiger partial charge on any atom is -0.493 e. The first kappa shape index (κ1) is 24.2. The van der Waals surface area contributed by atoms with Crippen LogP contribution in [0.5, 0.6) is 17.2 Å². The molecule has 35 heavy (non-hydrogen) atoms. The van der Waals surface area contributed by atoms with Crippen molar-refractivity contribution in [3.8, 4) is 17.2 Å². The number of rotatable bonds is 7. The predicted octanol–water partition coefficient (Wildman–Crippen LogP) is 4.30. The van der Waals surface area contributed by atoms with E-state index in [2.05, 4.69) is 74.2 Å². The molecule has 5 rings (SSSR count). The third-order valence-corrected chi connectivity index (χ3v) is 7.65. The van der Waals surface area contributed by atoms with Gasteiger partial charge in [0.1, 0.15) is 22.5 Å². The minimum atomic E-state index is -0.0173. The lowest BCUT2D eigenvalue weighted by Crippen LogP contribution is -2.50. The lowest BCUT2D eigenvalue weighted by atomic mass is 9.90. The molecule has 2 unspecified atom stereocenters. The summed E-state index contributed by atoms with van der Waals surface area (Å²) in [6.45, 7) is 8.75. The highest BCUT2D eigenvalue weighted by Gasteiger charge is 2.42. The molecule has 0 saturated carbocycles. The third kappa shape index (κ3) is 5.06. The Hall–Kier alpha value is -2.55. The zero-order valence-corrected chi connectivity index (χ0v) is 22.1. The maximum Gasteiger partial charge on any atom is 0.178 e. The van der Waals surface area contributed by atoms with Gasteiger partial charge in [0.2, 0.25) is 0 Å². The Kier molecular flexibility index (Phi) is 7.32. The summed E-state index contributed by atoms with van der Waals surface area (Å²) in [4.78, 5) is 11.0. The van der Waals surface area contributed by atoms with Gasteiger partial charge < -0.3 is 19.0 Å². The van der Waals surface area contributed by atoms with Crippen LogP contribution in [0, 0.1) is 5.92 Å². The molecule has 2 atom stereocenters. The van der Waals surface area contributed by atoms with E-state index in [1.807, 2.05) is 6.07 Å². The Labute approximate surface area is 215 Å². The molecule has 8 heteroatoms. The number of hydrogen-bond donors (Lipinski definition) is 0. The number of benzene rings is 2. The molecule has 0 aliphatic carbocycles. The monoisotopic (exact) mass is 541 g/mol. The Morgan fingerprint density at radius 2 is 1.86 bits per heavy atom. The van der Waals surface area contributed by atoms with Crippen molar-refractivity contribution in [1.82, 2.24) is 9.80 Å². The quantitative estimate of drug-likeness (QED) is 0.521. The molecule has 1 fully saturated rings. The summed E-state index contributed by atoms with van der Waals surface area (Å²) in [6.07, 6.45) is 2.26. The summed E-state index contributed by atoms with van der Waals surface area (Å²) in [5, 5.41) is 4.49. The van der Waals surface area contributed by atoms with Crippen molar-refractivity contribution < 1.29 is 19.0 Å². The van der Waals surface area contributed by atoms with Crippen molar-refractivity contribution in [2.24, 2.45) is 11.1 Å². The Balaban J connectivity index is 1.17. The first-order valence-electron chi connectivity index (χ1n) is 12.1. The Bertz CT molecular complexity index is 1110. The van der Waals surface area contributed by atoms with Crippen molar-refractivity contribution in [2.75, 3.05) is 60.1 Å². The fraction of sp³-hybridized carbons (Fsp3) is 0.444. The lowest BCUT2D eigenvalue weighted by molar-refractivity contribution is 0.0100. The zero-order chi connectivity index (χ0) is 24.4. The molecule has 0 N–H and O–H groups in total. The maximum absolute atomic E-state index is 6.16. The number of hydrogen-bond acceptors (Lipinski definition) is 7. The maximum atomic E-state index is 6.16. The van der Waals surface area contributed by atoms with Crippen molar-refractivity contribution in [2.45, 2.75) is 13.0 Å². The molecule has 186 valence electrons. The van der Waals surface area contributed by atoms with E-state index in [0.717, 1.165) is 60.8 Å². The molecule has 0 aromatic heterocycles. The number of nitrogens with zero attached hydrogens (tertiary/aromatic N) is 3. The second-order valence-electron chi connectivity index (χ2n) is 9.32. The van der Waals surface area contributed by atoms with Crippen LogP contribution in [0.4, 0.5) is 0 Å². The molecular weight excluding hydrogens is 510 g/mol. The molecule has 2 aromatic carbocycles. The van der Waals surface area contributed by atoms with Crippen LogP contribution >= 0.6 is 15.9 Å². The standard InChI is InChI=1S/C27H32BrN3O4/c1-18(13-19-7-5-4-6-8-19)15-30-9-11-31(12-10-30)16-23-21-17-34-26-20(25(21)29-35-23)14-22(32-2)27(33-3)24(26)28/h4-8,13-14,21,23H,9-12,15-17H2,1-3H3. The van der Waals surface area contributed by atoms with Gasteiger partial charge in [-0.25, -0.2) is 0 Å². The van der Waals surface area contributed by atoms with Gasteiger partial charge in [-0.15, -0.1) is 0 Å². The Morgan fingerprint density at radius 3 is 2.57 bits per heavy atom. The highest BCUT2D eigenvalue weighted by Crippen LogP contribution is 2.47. The van der Waals surface area contributed by atoms with Gasteiger partial charge in [-0.3, -0.25) is 9.80 Å². The largest absolute Gasteiger partial charge is 0.493 e. The van der Waals surface area contributed by atoms with Crippen LogP contribution < -0.4 is 14.2 Å². The van der Waals surface area contributed by atoms with Gasteiger partial charge in [-0.1, -0.05) is 47.1 Å². The molecule has 0 amide bonds. The molecule has 7 nitrogen and oxygen atoms in total. The van der Waals surface area contributed by atoms with E-state index in [1.165, 1.54) is 11.1 Å². The first-order chi connectivity index (χ1) is 17.1. The van der Waals surface area contributed by atoms with Crippen LogP contribution in [0.3, 0.4) is 0 Å². The molecule has 2 aromatic rings. The zero-order valence-electron chi connectivity index (χ0n) is 20.5. The van der Waals surface area contributed by atoms with Crippen molar-refractivity contribution >= 4 is 27.7 Å². The molecule has 0 spiro atoms. The molecular formula is C27H32BrN3O4. The summed E-state index contributed by atoms with van der Waals surface area (Å²) in [5.74, 6) is 2.09. The summed E-state index contributed by atoms with van der Waals surface area (Å²) < 4.78 is 17.9. The topological polar surface area (TPSA) is 55.8 Å². The summed E-state index contributed by atoms with van der Waals surface area (Å²) in [5.41, 5.74) is 4.48. The van der Waals surface area contributed by atoms with E-state index < -0.39 is 0 Å². The molecule has 0 bridgehead atoms. The number of fused-ring (bicyclic) bond motifs is 3. The van der Waals surface area contributed by atoms with Crippen LogP contribution in [-0.4, -0.2) is 81.7 Å². The van der Waals surface area contributed by atoms with Crippen LogP contribution in [0.1, 0.15) is 18.1 Å². The van der Waals surface area contributed by atoms with Gasteiger partial charge in [-0.05, 0) is 34.5 Å². The number of ether oxygens (including phenoxy) is 3. The number of halogens is 1. The SMILES string of the molecule is COc1cc2c(c(Br)c1OC)OCC1C2=NOC1CN1CCN(CC(C)=Cc2ccccc2)CC1. The number of oxime groups is 1. The minimum absolute atomic E-state index is 0.0173.